The van der Waals surface area contributed by atoms with Crippen LogP contribution in [0.4, 0.5) is 5.69 Å². The van der Waals surface area contributed by atoms with Crippen molar-refractivity contribution in [2.75, 3.05) is 38.8 Å². The fourth-order valence-electron chi connectivity index (χ4n) is 6.67. The Labute approximate surface area is 261 Å². The highest BCUT2D eigenvalue weighted by atomic mass is 28.3. The summed E-state index contributed by atoms with van der Waals surface area (Å²) in [6, 6.07) is 24.0. The van der Waals surface area contributed by atoms with Gasteiger partial charge in [0.15, 0.2) is 0 Å². The lowest BCUT2D eigenvalue weighted by atomic mass is 9.86. The van der Waals surface area contributed by atoms with E-state index in [-0.39, 0.29) is 55.1 Å². The van der Waals surface area contributed by atoms with Crippen molar-refractivity contribution in [3.63, 3.8) is 0 Å². The molecule has 0 bridgehead atoms. The first-order valence-corrected chi connectivity index (χ1v) is 18.5. The van der Waals surface area contributed by atoms with E-state index < -0.39 is 8.07 Å². The van der Waals surface area contributed by atoms with E-state index in [0.29, 0.717) is 19.5 Å². The number of aliphatic hydroxyl groups excluding tert-OH is 1. The van der Waals surface area contributed by atoms with E-state index in [4.69, 9.17) is 14.2 Å². The fraction of sp³-hybridized carbons (Fsp3) is 0.429. The highest BCUT2D eigenvalue weighted by Gasteiger charge is 2.48. The number of anilines is 1. The molecule has 3 aromatic rings. The van der Waals surface area contributed by atoms with Crippen molar-refractivity contribution in [3.8, 4) is 11.5 Å². The van der Waals surface area contributed by atoms with Crippen LogP contribution in [0.5, 0.6) is 11.5 Å². The summed E-state index contributed by atoms with van der Waals surface area (Å²) in [6.45, 7) is 8.02. The molecule has 1 unspecified atom stereocenters. The van der Waals surface area contributed by atoms with Gasteiger partial charge in [-0.2, -0.15) is 0 Å². The van der Waals surface area contributed by atoms with Crippen LogP contribution in [-0.2, 0) is 20.9 Å². The second-order valence-corrected chi connectivity index (χ2v) is 17.2. The molecule has 234 valence electrons. The van der Waals surface area contributed by atoms with Crippen LogP contribution in [0, 0.1) is 5.92 Å². The normalized spacial score (nSPS) is 20.3. The zero-order valence-electron chi connectivity index (χ0n) is 26.4. The molecule has 5 rings (SSSR count). The first-order valence-electron chi connectivity index (χ1n) is 15.4. The summed E-state index contributed by atoms with van der Waals surface area (Å²) in [4.78, 5) is 29.9. The number of aliphatic hydroxyl groups is 1. The largest absolute Gasteiger partial charge is 0.497 e. The van der Waals surface area contributed by atoms with Gasteiger partial charge in [0, 0.05) is 62.3 Å². The number of carbonyl (C=O) groups excluding carboxylic acids is 2. The van der Waals surface area contributed by atoms with Gasteiger partial charge in [-0.05, 0) is 35.9 Å². The van der Waals surface area contributed by atoms with E-state index in [9.17, 15) is 14.7 Å². The van der Waals surface area contributed by atoms with Gasteiger partial charge in [0.25, 0.3) is 0 Å². The molecular formula is C35H44N2O6Si. The first-order chi connectivity index (χ1) is 21.2. The second kappa shape index (κ2) is 13.5. The number of carbonyl (C=O) groups is 2. The van der Waals surface area contributed by atoms with Crippen LogP contribution in [0.3, 0.4) is 0 Å². The maximum atomic E-state index is 14.2. The zero-order chi connectivity index (χ0) is 31.4. The number of rotatable bonds is 12. The van der Waals surface area contributed by atoms with E-state index in [1.165, 1.54) is 5.19 Å². The Hall–Kier alpha value is -3.66. The maximum absolute atomic E-state index is 14.2. The van der Waals surface area contributed by atoms with Crippen LogP contribution in [0.2, 0.25) is 18.6 Å². The van der Waals surface area contributed by atoms with Crippen molar-refractivity contribution in [1.82, 2.24) is 4.90 Å². The van der Waals surface area contributed by atoms with Crippen LogP contribution in [0.1, 0.15) is 37.0 Å². The summed E-state index contributed by atoms with van der Waals surface area (Å²) < 4.78 is 18.4. The standard InChI is InChI=1S/C35H44N2O6Si/c1-24-34(42-3)29-21-26(37-18-17-32(37)39)11-16-30(29)43-35(24)31(44(4,5)28-14-12-27(41-2)13-15-28)22-33(40)36(19-20-38)23-25-9-7-6-8-10-25/h6-16,21,24,31,34-35,38H,17-20,22-23H2,1-5H3/t24-,31?,34-,35-/m0/s1. The number of methoxy groups -OCH3 is 2. The van der Waals surface area contributed by atoms with Crippen molar-refractivity contribution in [2.24, 2.45) is 5.92 Å². The minimum Gasteiger partial charge on any atom is -0.497 e. The number of hydrogen-bond acceptors (Lipinski definition) is 6. The monoisotopic (exact) mass is 616 g/mol. The van der Waals surface area contributed by atoms with E-state index in [1.807, 2.05) is 60.7 Å². The molecule has 0 radical (unpaired) electrons. The predicted molar refractivity (Wildman–Crippen MR) is 174 cm³/mol. The molecule has 1 fully saturated rings. The van der Waals surface area contributed by atoms with Gasteiger partial charge in [-0.3, -0.25) is 9.59 Å². The summed E-state index contributed by atoms with van der Waals surface area (Å²) >= 11 is 0. The molecule has 44 heavy (non-hydrogen) atoms. The Bertz CT molecular complexity index is 1450. The molecule has 2 aliphatic rings. The molecule has 0 aliphatic carbocycles. The van der Waals surface area contributed by atoms with Crippen LogP contribution in [-0.4, -0.2) is 69.9 Å². The maximum Gasteiger partial charge on any atom is 0.228 e. The lowest BCUT2D eigenvalue weighted by Gasteiger charge is -2.46. The average Bonchev–Trinajstić information content (AvgIpc) is 3.03. The van der Waals surface area contributed by atoms with E-state index in [1.54, 1.807) is 24.0 Å². The first kappa shape index (κ1) is 31.8. The Balaban J connectivity index is 1.51. The minimum absolute atomic E-state index is 0.0100. The van der Waals surface area contributed by atoms with Gasteiger partial charge >= 0.3 is 0 Å². The summed E-state index contributed by atoms with van der Waals surface area (Å²) in [7, 11) is 0.975. The van der Waals surface area contributed by atoms with E-state index >= 15 is 0 Å². The molecule has 1 saturated heterocycles. The average molecular weight is 617 g/mol. The van der Waals surface area contributed by atoms with Crippen LogP contribution in [0.25, 0.3) is 0 Å². The predicted octanol–water partition coefficient (Wildman–Crippen LogP) is 4.91. The van der Waals surface area contributed by atoms with Gasteiger partial charge < -0.3 is 29.1 Å². The SMILES string of the molecule is COc1ccc([Si](C)(C)C(CC(=O)N(CCO)Cc2ccccc2)[C@H]2Oc3ccc(N4CCC4=O)cc3[C@@H](OC)[C@@H]2C)cc1. The van der Waals surface area contributed by atoms with Gasteiger partial charge in [0.1, 0.15) is 17.6 Å². The molecule has 2 amide bonds. The fourth-order valence-corrected chi connectivity index (χ4v) is 10.0. The van der Waals surface area contributed by atoms with Crippen molar-refractivity contribution in [1.29, 1.82) is 0 Å². The zero-order valence-corrected chi connectivity index (χ0v) is 27.4. The number of β-lactam (4-membered cyclic amide) rings is 1. The Morgan fingerprint density at radius 2 is 1.82 bits per heavy atom. The third-order valence-corrected chi connectivity index (χ3v) is 13.7. The highest BCUT2D eigenvalue weighted by molar-refractivity contribution is 6.91. The van der Waals surface area contributed by atoms with Crippen LogP contribution in [0.15, 0.2) is 72.8 Å². The molecule has 4 atom stereocenters. The molecule has 8 nitrogen and oxygen atoms in total. The van der Waals surface area contributed by atoms with Crippen molar-refractivity contribution in [2.45, 2.75) is 57.2 Å². The molecule has 2 heterocycles. The van der Waals surface area contributed by atoms with Crippen LogP contribution >= 0.6 is 0 Å². The van der Waals surface area contributed by atoms with E-state index in [0.717, 1.165) is 28.3 Å². The molecule has 9 heteroatoms. The molecule has 3 aromatic carbocycles. The Morgan fingerprint density at radius 1 is 1.09 bits per heavy atom. The molecule has 1 N–H and O–H groups in total. The van der Waals surface area contributed by atoms with Crippen LogP contribution < -0.4 is 19.6 Å². The summed E-state index contributed by atoms with van der Waals surface area (Å²) in [5.41, 5.74) is 2.69. The second-order valence-electron chi connectivity index (χ2n) is 12.4. The van der Waals surface area contributed by atoms with Crippen molar-refractivity contribution >= 4 is 30.8 Å². The minimum atomic E-state index is -2.39. The smallest absolute Gasteiger partial charge is 0.228 e. The number of benzene rings is 3. The number of nitrogens with zero attached hydrogens (tertiary/aromatic N) is 2. The van der Waals surface area contributed by atoms with Crippen molar-refractivity contribution in [3.05, 3.63) is 83.9 Å². The van der Waals surface area contributed by atoms with Gasteiger partial charge in [-0.25, -0.2) is 0 Å². The Kier molecular flexibility index (Phi) is 9.77. The third kappa shape index (κ3) is 6.41. The molecule has 2 aliphatic heterocycles. The summed E-state index contributed by atoms with van der Waals surface area (Å²) in [5.74, 6) is 1.55. The number of hydrogen-bond donors (Lipinski definition) is 1. The van der Waals surface area contributed by atoms with Crippen molar-refractivity contribution < 1.29 is 28.9 Å². The topological polar surface area (TPSA) is 88.5 Å². The quantitative estimate of drug-likeness (QED) is 0.230. The number of amides is 2. The highest BCUT2D eigenvalue weighted by Crippen LogP contribution is 2.48. The molecule has 0 spiro atoms. The van der Waals surface area contributed by atoms with Gasteiger partial charge in [-0.1, -0.05) is 67.7 Å². The number of ether oxygens (including phenoxy) is 3. The Morgan fingerprint density at radius 3 is 2.41 bits per heavy atom. The molecular weight excluding hydrogens is 572 g/mol. The summed E-state index contributed by atoms with van der Waals surface area (Å²) in [5, 5.41) is 11.1. The van der Waals surface area contributed by atoms with E-state index in [2.05, 4.69) is 32.2 Å². The lowest BCUT2D eigenvalue weighted by Crippen LogP contribution is -2.55. The molecule has 0 saturated carbocycles. The van der Waals surface area contributed by atoms with Gasteiger partial charge in [-0.15, -0.1) is 0 Å². The summed E-state index contributed by atoms with van der Waals surface area (Å²) in [6.07, 6.45) is 0.276. The van der Waals surface area contributed by atoms with Gasteiger partial charge in [0.2, 0.25) is 11.8 Å². The lowest BCUT2D eigenvalue weighted by molar-refractivity contribution is -0.133. The van der Waals surface area contributed by atoms with Gasteiger partial charge in [0.05, 0.1) is 27.9 Å². The third-order valence-electron chi connectivity index (χ3n) is 9.47. The number of fused-ring (bicyclic) bond motifs is 1. The molecule has 0 aromatic heterocycles.